The largest absolute Gasteiger partial charge is 0.0649 e. The van der Waals surface area contributed by atoms with Crippen molar-refractivity contribution >= 4 is 0 Å². The first-order valence-electron chi connectivity index (χ1n) is 7.50. The van der Waals surface area contributed by atoms with Gasteiger partial charge < -0.3 is 0 Å². The highest BCUT2D eigenvalue weighted by Gasteiger charge is 2.35. The zero-order valence-electron chi connectivity index (χ0n) is 12.7. The highest BCUT2D eigenvalue weighted by molar-refractivity contribution is 5.33. The van der Waals surface area contributed by atoms with E-state index in [1.54, 1.807) is 5.56 Å². The van der Waals surface area contributed by atoms with Crippen LogP contribution in [0.15, 0.2) is 18.2 Å². The fourth-order valence-corrected chi connectivity index (χ4v) is 3.98. The maximum atomic E-state index is 2.49. The molecule has 100 valence electrons. The number of hydrogen-bond acceptors (Lipinski definition) is 0. The zero-order chi connectivity index (χ0) is 13.3. The van der Waals surface area contributed by atoms with E-state index in [1.807, 2.05) is 0 Å². The molecule has 1 aromatic rings. The smallest absolute Gasteiger partial charge is 0.0152 e. The molecule has 0 aromatic heterocycles. The average Bonchev–Trinajstić information content (AvgIpc) is 2.27. The number of aryl methyl sites for hydroxylation is 2. The molecular weight excluding hydrogens is 216 g/mol. The summed E-state index contributed by atoms with van der Waals surface area (Å²) in [6.07, 6.45) is 5.47. The molecule has 3 atom stereocenters. The lowest BCUT2D eigenvalue weighted by atomic mass is 9.64. The minimum atomic E-state index is 0.555. The molecule has 1 saturated carbocycles. The summed E-state index contributed by atoms with van der Waals surface area (Å²) in [6, 6.07) is 7.01. The van der Waals surface area contributed by atoms with Crippen LogP contribution in [0, 0.1) is 25.2 Å². The van der Waals surface area contributed by atoms with Gasteiger partial charge in [-0.15, -0.1) is 0 Å². The van der Waals surface area contributed by atoms with Crippen molar-refractivity contribution in [2.24, 2.45) is 11.3 Å². The van der Waals surface area contributed by atoms with Crippen LogP contribution >= 0.6 is 0 Å². The molecule has 0 saturated heterocycles. The third-order valence-electron chi connectivity index (χ3n) is 4.99. The Morgan fingerprint density at radius 2 is 1.94 bits per heavy atom. The van der Waals surface area contributed by atoms with E-state index in [-0.39, 0.29) is 0 Å². The van der Waals surface area contributed by atoms with Crippen molar-refractivity contribution in [3.63, 3.8) is 0 Å². The van der Waals surface area contributed by atoms with Crippen LogP contribution in [0.25, 0.3) is 0 Å². The molecule has 1 aliphatic carbocycles. The van der Waals surface area contributed by atoms with E-state index in [2.05, 4.69) is 52.8 Å². The molecule has 3 unspecified atom stereocenters. The van der Waals surface area contributed by atoms with Crippen LogP contribution in [-0.2, 0) is 0 Å². The topological polar surface area (TPSA) is 0 Å². The van der Waals surface area contributed by atoms with E-state index in [0.717, 1.165) is 11.8 Å². The molecule has 1 fully saturated rings. The summed E-state index contributed by atoms with van der Waals surface area (Å²) in [7, 11) is 0. The normalized spacial score (nSPS) is 32.5. The summed E-state index contributed by atoms with van der Waals surface area (Å²) in [5.41, 5.74) is 5.04. The summed E-state index contributed by atoms with van der Waals surface area (Å²) >= 11 is 0. The molecule has 0 aliphatic heterocycles. The number of rotatable bonds is 2. The average molecular weight is 244 g/mol. The Hall–Kier alpha value is -0.780. The first-order valence-corrected chi connectivity index (χ1v) is 7.50. The van der Waals surface area contributed by atoms with Crippen molar-refractivity contribution < 1.29 is 0 Å². The summed E-state index contributed by atoms with van der Waals surface area (Å²) in [5, 5.41) is 0. The maximum Gasteiger partial charge on any atom is -0.0152 e. The summed E-state index contributed by atoms with van der Waals surface area (Å²) in [6.45, 7) is 11.8. The van der Waals surface area contributed by atoms with Crippen LogP contribution in [0.3, 0.4) is 0 Å². The molecule has 0 spiro atoms. The van der Waals surface area contributed by atoms with Gasteiger partial charge >= 0.3 is 0 Å². The third-order valence-corrected chi connectivity index (χ3v) is 4.99. The van der Waals surface area contributed by atoms with E-state index in [9.17, 15) is 0 Å². The molecule has 1 aromatic carbocycles. The second-order valence-electron chi connectivity index (χ2n) is 6.97. The monoisotopic (exact) mass is 244 g/mol. The number of benzene rings is 1. The van der Waals surface area contributed by atoms with Gasteiger partial charge in [0.15, 0.2) is 0 Å². The Kier molecular flexibility index (Phi) is 3.84. The molecule has 0 N–H and O–H groups in total. The molecule has 0 nitrogen and oxygen atoms in total. The van der Waals surface area contributed by atoms with Crippen molar-refractivity contribution in [2.75, 3.05) is 0 Å². The van der Waals surface area contributed by atoms with Crippen LogP contribution in [-0.4, -0.2) is 0 Å². The van der Waals surface area contributed by atoms with Gasteiger partial charge in [0.2, 0.25) is 0 Å². The molecule has 0 bridgehead atoms. The molecule has 18 heavy (non-hydrogen) atoms. The Morgan fingerprint density at radius 3 is 2.56 bits per heavy atom. The van der Waals surface area contributed by atoms with E-state index in [4.69, 9.17) is 0 Å². The Bertz CT molecular complexity index is 418. The van der Waals surface area contributed by atoms with Gasteiger partial charge in [-0.05, 0) is 61.5 Å². The predicted molar refractivity (Wildman–Crippen MR) is 80.1 cm³/mol. The highest BCUT2D eigenvalue weighted by atomic mass is 14.4. The zero-order valence-corrected chi connectivity index (χ0v) is 12.7. The fourth-order valence-electron chi connectivity index (χ4n) is 3.98. The summed E-state index contributed by atoms with van der Waals surface area (Å²) in [4.78, 5) is 0. The first-order chi connectivity index (χ1) is 8.43. The lowest BCUT2D eigenvalue weighted by molar-refractivity contribution is 0.142. The van der Waals surface area contributed by atoms with E-state index in [1.165, 1.54) is 36.8 Å². The van der Waals surface area contributed by atoms with Gasteiger partial charge in [0.25, 0.3) is 0 Å². The molecular formula is C18H28. The second-order valence-corrected chi connectivity index (χ2v) is 6.97. The Morgan fingerprint density at radius 1 is 1.22 bits per heavy atom. The van der Waals surface area contributed by atoms with Crippen molar-refractivity contribution in [3.8, 4) is 0 Å². The van der Waals surface area contributed by atoms with E-state index < -0.39 is 0 Å². The van der Waals surface area contributed by atoms with E-state index >= 15 is 0 Å². The predicted octanol–water partition coefficient (Wildman–Crippen LogP) is 5.62. The van der Waals surface area contributed by atoms with Gasteiger partial charge in [0, 0.05) is 0 Å². The van der Waals surface area contributed by atoms with Crippen molar-refractivity contribution in [3.05, 3.63) is 34.9 Å². The van der Waals surface area contributed by atoms with Gasteiger partial charge in [-0.1, -0.05) is 51.0 Å². The summed E-state index contributed by atoms with van der Waals surface area (Å²) < 4.78 is 0. The molecule has 0 radical (unpaired) electrons. The van der Waals surface area contributed by atoms with Crippen LogP contribution < -0.4 is 0 Å². The maximum absolute atomic E-state index is 2.49. The van der Waals surface area contributed by atoms with Crippen LogP contribution in [0.1, 0.15) is 69.1 Å². The van der Waals surface area contributed by atoms with Crippen LogP contribution in [0.4, 0.5) is 0 Å². The first kappa shape index (κ1) is 13.6. The molecule has 1 aliphatic rings. The quantitative estimate of drug-likeness (QED) is 0.633. The van der Waals surface area contributed by atoms with Crippen LogP contribution in [0.5, 0.6) is 0 Å². The second kappa shape index (κ2) is 5.07. The minimum Gasteiger partial charge on any atom is -0.0649 e. The fraction of sp³-hybridized carbons (Fsp3) is 0.667. The molecule has 0 amide bonds. The standard InChI is InChI=1S/C18H28/c1-6-18(5)11-14(3)10-16(12-18)17-8-7-13(2)9-15(17)4/h7-9,14,16H,6,10-12H2,1-5H3. The number of hydrogen-bond donors (Lipinski definition) is 0. The summed E-state index contributed by atoms with van der Waals surface area (Å²) in [5.74, 6) is 1.65. The third kappa shape index (κ3) is 2.79. The molecule has 0 heterocycles. The van der Waals surface area contributed by atoms with Gasteiger partial charge in [0.1, 0.15) is 0 Å². The van der Waals surface area contributed by atoms with Gasteiger partial charge in [0.05, 0.1) is 0 Å². The van der Waals surface area contributed by atoms with Crippen molar-refractivity contribution in [1.29, 1.82) is 0 Å². The van der Waals surface area contributed by atoms with Crippen LogP contribution in [0.2, 0.25) is 0 Å². The minimum absolute atomic E-state index is 0.555. The lowest BCUT2D eigenvalue weighted by Crippen LogP contribution is -2.28. The Labute approximate surface area is 113 Å². The molecule has 0 heteroatoms. The van der Waals surface area contributed by atoms with Crippen molar-refractivity contribution in [1.82, 2.24) is 0 Å². The highest BCUT2D eigenvalue weighted by Crippen LogP contribution is 2.48. The van der Waals surface area contributed by atoms with Gasteiger partial charge in [-0.2, -0.15) is 0 Å². The van der Waals surface area contributed by atoms with Gasteiger partial charge in [-0.25, -0.2) is 0 Å². The van der Waals surface area contributed by atoms with E-state index in [0.29, 0.717) is 5.41 Å². The lowest BCUT2D eigenvalue weighted by Gasteiger charge is -2.41. The van der Waals surface area contributed by atoms with Crippen molar-refractivity contribution in [2.45, 2.75) is 66.2 Å². The van der Waals surface area contributed by atoms with Gasteiger partial charge in [-0.3, -0.25) is 0 Å². The molecule has 2 rings (SSSR count). The Balaban J connectivity index is 2.27. The SMILES string of the molecule is CCC1(C)CC(C)CC(c2ccc(C)cc2C)C1.